The van der Waals surface area contributed by atoms with Gasteiger partial charge in [0.25, 0.3) is 0 Å². The standard InChI is InChI=1S/C12H10.C8H10/c1-3-7-11(8-4-1)12-9-5-2-6-10-12;1-7-3-5-8(2)6-4-7/h1-10H;3-6H,1-2H3. The van der Waals surface area contributed by atoms with Crippen LogP contribution in [0.4, 0.5) is 0 Å². The SMILES string of the molecule is Cc1ccc(C)cc1.c1ccc(-c2ccccc2)cc1. The fourth-order valence-corrected chi connectivity index (χ4v) is 1.90. The van der Waals surface area contributed by atoms with Gasteiger partial charge in [-0.05, 0) is 25.0 Å². The first-order valence-electron chi connectivity index (χ1n) is 6.89. The maximum atomic E-state index is 2.12. The van der Waals surface area contributed by atoms with Crippen LogP contribution in [0.3, 0.4) is 0 Å². The van der Waals surface area contributed by atoms with E-state index in [1.165, 1.54) is 22.3 Å². The Kier molecular flexibility index (Phi) is 5.14. The second-order valence-corrected chi connectivity index (χ2v) is 4.89. The highest BCUT2D eigenvalue weighted by Crippen LogP contribution is 2.17. The van der Waals surface area contributed by atoms with E-state index in [1.807, 2.05) is 12.1 Å². The molecular weight excluding hydrogens is 240 g/mol. The quantitative estimate of drug-likeness (QED) is 0.530. The van der Waals surface area contributed by atoms with E-state index in [0.717, 1.165) is 0 Å². The van der Waals surface area contributed by atoms with Crippen molar-refractivity contribution in [3.63, 3.8) is 0 Å². The van der Waals surface area contributed by atoms with Gasteiger partial charge in [-0.25, -0.2) is 0 Å². The van der Waals surface area contributed by atoms with E-state index in [4.69, 9.17) is 0 Å². The van der Waals surface area contributed by atoms with Crippen molar-refractivity contribution in [1.82, 2.24) is 0 Å². The number of benzene rings is 3. The second kappa shape index (κ2) is 7.30. The fourth-order valence-electron chi connectivity index (χ4n) is 1.90. The molecule has 0 spiro atoms. The van der Waals surface area contributed by atoms with Crippen molar-refractivity contribution in [3.05, 3.63) is 96.1 Å². The maximum absolute atomic E-state index is 2.12. The molecule has 0 aliphatic heterocycles. The highest BCUT2D eigenvalue weighted by Gasteiger charge is 1.91. The zero-order valence-electron chi connectivity index (χ0n) is 12.1. The number of rotatable bonds is 1. The molecule has 20 heavy (non-hydrogen) atoms. The minimum absolute atomic E-state index is 1.28. The van der Waals surface area contributed by atoms with E-state index in [1.54, 1.807) is 0 Å². The molecule has 0 N–H and O–H groups in total. The smallest absolute Gasteiger partial charge is 0.0184 e. The van der Waals surface area contributed by atoms with Gasteiger partial charge in [-0.3, -0.25) is 0 Å². The number of hydrogen-bond acceptors (Lipinski definition) is 0. The molecule has 0 bridgehead atoms. The Morgan fingerprint density at radius 1 is 0.400 bits per heavy atom. The van der Waals surface area contributed by atoms with E-state index in [-0.39, 0.29) is 0 Å². The van der Waals surface area contributed by atoms with Gasteiger partial charge in [-0.1, -0.05) is 96.1 Å². The van der Waals surface area contributed by atoms with Gasteiger partial charge < -0.3 is 0 Å². The van der Waals surface area contributed by atoms with Crippen LogP contribution in [0.2, 0.25) is 0 Å². The summed E-state index contributed by atoms with van der Waals surface area (Å²) in [7, 11) is 0. The molecule has 0 saturated carbocycles. The van der Waals surface area contributed by atoms with Gasteiger partial charge in [0.2, 0.25) is 0 Å². The molecule has 0 nitrogen and oxygen atoms in total. The first kappa shape index (κ1) is 14.1. The largest absolute Gasteiger partial charge is 0.0622 e. The molecular formula is C20H20. The average Bonchev–Trinajstić information content (AvgIpc) is 2.53. The molecule has 0 fully saturated rings. The molecule has 3 aromatic carbocycles. The van der Waals surface area contributed by atoms with Gasteiger partial charge >= 0.3 is 0 Å². The van der Waals surface area contributed by atoms with E-state index < -0.39 is 0 Å². The third-order valence-electron chi connectivity index (χ3n) is 3.10. The van der Waals surface area contributed by atoms with Crippen molar-refractivity contribution in [2.24, 2.45) is 0 Å². The Morgan fingerprint density at radius 2 is 0.700 bits per heavy atom. The Morgan fingerprint density at radius 3 is 1.00 bits per heavy atom. The van der Waals surface area contributed by atoms with E-state index in [0.29, 0.717) is 0 Å². The summed E-state index contributed by atoms with van der Waals surface area (Å²) in [4.78, 5) is 0. The zero-order chi connectivity index (χ0) is 14.2. The van der Waals surface area contributed by atoms with E-state index >= 15 is 0 Å². The summed E-state index contributed by atoms with van der Waals surface area (Å²) in [5.74, 6) is 0. The van der Waals surface area contributed by atoms with Crippen LogP contribution < -0.4 is 0 Å². The highest BCUT2D eigenvalue weighted by atomic mass is 14.0. The van der Waals surface area contributed by atoms with Gasteiger partial charge in [0.15, 0.2) is 0 Å². The van der Waals surface area contributed by atoms with Crippen LogP contribution in [0.5, 0.6) is 0 Å². The van der Waals surface area contributed by atoms with Gasteiger partial charge in [0.05, 0.1) is 0 Å². The van der Waals surface area contributed by atoms with Gasteiger partial charge in [0, 0.05) is 0 Å². The minimum atomic E-state index is 1.28. The summed E-state index contributed by atoms with van der Waals surface area (Å²) in [5, 5.41) is 0. The van der Waals surface area contributed by atoms with Crippen LogP contribution in [0.1, 0.15) is 11.1 Å². The van der Waals surface area contributed by atoms with Crippen LogP contribution in [-0.4, -0.2) is 0 Å². The normalized spacial score (nSPS) is 9.50. The van der Waals surface area contributed by atoms with Gasteiger partial charge in [-0.2, -0.15) is 0 Å². The molecule has 0 heteroatoms. The molecule has 0 aromatic heterocycles. The van der Waals surface area contributed by atoms with Crippen molar-refractivity contribution in [2.75, 3.05) is 0 Å². The van der Waals surface area contributed by atoms with Crippen LogP contribution >= 0.6 is 0 Å². The lowest BCUT2D eigenvalue weighted by Crippen LogP contribution is -1.73. The predicted octanol–water partition coefficient (Wildman–Crippen LogP) is 5.66. The zero-order valence-corrected chi connectivity index (χ0v) is 12.1. The second-order valence-electron chi connectivity index (χ2n) is 4.89. The van der Waals surface area contributed by atoms with Crippen molar-refractivity contribution < 1.29 is 0 Å². The van der Waals surface area contributed by atoms with Crippen molar-refractivity contribution in [3.8, 4) is 11.1 Å². The summed E-state index contributed by atoms with van der Waals surface area (Å²) >= 11 is 0. The molecule has 0 saturated heterocycles. The molecule has 3 rings (SSSR count). The van der Waals surface area contributed by atoms with Gasteiger partial charge in [0.1, 0.15) is 0 Å². The molecule has 0 amide bonds. The van der Waals surface area contributed by atoms with Crippen LogP contribution in [0.15, 0.2) is 84.9 Å². The molecule has 0 atom stereocenters. The molecule has 0 aliphatic rings. The molecule has 0 aliphatic carbocycles. The Hall–Kier alpha value is -2.34. The van der Waals surface area contributed by atoms with Crippen LogP contribution in [0, 0.1) is 13.8 Å². The molecule has 100 valence electrons. The molecule has 3 aromatic rings. The van der Waals surface area contributed by atoms with Crippen molar-refractivity contribution >= 4 is 0 Å². The summed E-state index contributed by atoms with van der Waals surface area (Å²) in [5.41, 5.74) is 5.21. The first-order valence-corrected chi connectivity index (χ1v) is 6.89. The third-order valence-corrected chi connectivity index (χ3v) is 3.10. The van der Waals surface area contributed by atoms with Crippen molar-refractivity contribution in [2.45, 2.75) is 13.8 Å². The molecule has 0 radical (unpaired) electrons. The summed E-state index contributed by atoms with van der Waals surface area (Å²) in [6.45, 7) is 4.19. The maximum Gasteiger partial charge on any atom is -0.0184 e. The number of hydrogen-bond donors (Lipinski definition) is 0. The van der Waals surface area contributed by atoms with Crippen molar-refractivity contribution in [1.29, 1.82) is 0 Å². The molecule has 0 unspecified atom stereocenters. The van der Waals surface area contributed by atoms with E-state index in [9.17, 15) is 0 Å². The van der Waals surface area contributed by atoms with E-state index in [2.05, 4.69) is 86.6 Å². The van der Waals surface area contributed by atoms with Crippen LogP contribution in [-0.2, 0) is 0 Å². The lowest BCUT2D eigenvalue weighted by Gasteiger charge is -1.98. The molecule has 0 heterocycles. The highest BCUT2D eigenvalue weighted by molar-refractivity contribution is 5.62. The van der Waals surface area contributed by atoms with Gasteiger partial charge in [-0.15, -0.1) is 0 Å². The lowest BCUT2D eigenvalue weighted by atomic mass is 10.1. The minimum Gasteiger partial charge on any atom is -0.0622 e. The number of aryl methyl sites for hydroxylation is 2. The Balaban J connectivity index is 0.000000160. The predicted molar refractivity (Wildman–Crippen MR) is 87.8 cm³/mol. The Labute approximate surface area is 121 Å². The third kappa shape index (κ3) is 4.40. The topological polar surface area (TPSA) is 0 Å². The summed E-state index contributed by atoms with van der Waals surface area (Å²) < 4.78 is 0. The summed E-state index contributed by atoms with van der Waals surface area (Å²) in [6, 6.07) is 29.3. The van der Waals surface area contributed by atoms with Crippen LogP contribution in [0.25, 0.3) is 11.1 Å². The lowest BCUT2D eigenvalue weighted by molar-refractivity contribution is 1.40. The average molecular weight is 260 g/mol. The first-order chi connectivity index (χ1) is 9.75. The summed E-state index contributed by atoms with van der Waals surface area (Å²) in [6.07, 6.45) is 0. The monoisotopic (exact) mass is 260 g/mol. The fraction of sp³-hybridized carbons (Fsp3) is 0.100. The Bertz CT molecular complexity index is 549.